The average molecular weight is 462 g/mol. The van der Waals surface area contributed by atoms with Crippen LogP contribution in [0.1, 0.15) is 10.4 Å². The molecule has 3 aromatic carbocycles. The lowest BCUT2D eigenvalue weighted by Gasteiger charge is -2.32. The van der Waals surface area contributed by atoms with Gasteiger partial charge in [-0.3, -0.25) is 9.59 Å². The first-order valence-electron chi connectivity index (χ1n) is 11.2. The van der Waals surface area contributed by atoms with Crippen molar-refractivity contribution < 1.29 is 19.1 Å². The van der Waals surface area contributed by atoms with E-state index in [0.717, 1.165) is 48.6 Å². The molecule has 0 radical (unpaired) electrons. The maximum atomic E-state index is 12.7. The second-order valence-corrected chi connectivity index (χ2v) is 8.52. The average Bonchev–Trinajstić information content (AvgIpc) is 3.30. The zero-order valence-corrected chi connectivity index (χ0v) is 19.0. The second kappa shape index (κ2) is 9.11. The van der Waals surface area contributed by atoms with Crippen molar-refractivity contribution in [2.75, 3.05) is 57.2 Å². The van der Waals surface area contributed by atoms with Crippen molar-refractivity contribution in [2.45, 2.75) is 0 Å². The largest absolute Gasteiger partial charge is 0.454 e. The van der Waals surface area contributed by atoms with Crippen molar-refractivity contribution >= 4 is 39.6 Å². The topological polar surface area (TPSA) is 109 Å². The molecule has 2 amide bonds. The SMILES string of the molecule is CN1CCN(C(=O)CNc2ccc(C(N)=O)c3cc(Nc4ccc5c(c4)OCO5)ccc23)CC1. The number of nitrogens with two attached hydrogens (primary N) is 1. The van der Waals surface area contributed by atoms with Crippen LogP contribution >= 0.6 is 0 Å². The minimum Gasteiger partial charge on any atom is -0.454 e. The van der Waals surface area contributed by atoms with E-state index >= 15 is 0 Å². The quantitative estimate of drug-likeness (QED) is 0.518. The lowest BCUT2D eigenvalue weighted by molar-refractivity contribution is -0.130. The molecule has 0 unspecified atom stereocenters. The lowest BCUT2D eigenvalue weighted by atomic mass is 10.0. The van der Waals surface area contributed by atoms with Crippen molar-refractivity contribution in [3.05, 3.63) is 54.1 Å². The molecular weight excluding hydrogens is 434 g/mol. The maximum absolute atomic E-state index is 12.7. The number of ether oxygens (including phenoxy) is 2. The third kappa shape index (κ3) is 4.42. The van der Waals surface area contributed by atoms with Crippen LogP contribution in [-0.4, -0.2) is 68.2 Å². The summed E-state index contributed by atoms with van der Waals surface area (Å²) in [6, 6.07) is 14.8. The standard InChI is InChI=1S/C25H27N5O4/c1-29-8-10-30(11-9-29)24(31)14-27-21-6-5-19(25(26)32)20-12-16(2-4-18(20)21)28-17-3-7-22-23(13-17)34-15-33-22/h2-7,12-13,27-28H,8-11,14-15H2,1H3,(H2,26,32). The van der Waals surface area contributed by atoms with Crippen LogP contribution in [0.25, 0.3) is 10.8 Å². The van der Waals surface area contributed by atoms with Crippen molar-refractivity contribution in [3.63, 3.8) is 0 Å². The highest BCUT2D eigenvalue weighted by molar-refractivity contribution is 6.11. The Morgan fingerprint density at radius 2 is 1.65 bits per heavy atom. The predicted octanol–water partition coefficient (Wildman–Crippen LogP) is 2.60. The van der Waals surface area contributed by atoms with Crippen LogP contribution in [0.5, 0.6) is 11.5 Å². The van der Waals surface area contributed by atoms with Gasteiger partial charge in [-0.2, -0.15) is 0 Å². The fourth-order valence-corrected chi connectivity index (χ4v) is 4.27. The highest BCUT2D eigenvalue weighted by Crippen LogP contribution is 2.36. The first kappa shape index (κ1) is 21.8. The Labute approximate surface area is 197 Å². The van der Waals surface area contributed by atoms with Gasteiger partial charge in [0.15, 0.2) is 11.5 Å². The van der Waals surface area contributed by atoms with Crippen LogP contribution in [0, 0.1) is 0 Å². The Morgan fingerprint density at radius 3 is 2.44 bits per heavy atom. The van der Waals surface area contributed by atoms with Crippen LogP contribution < -0.4 is 25.8 Å². The molecule has 9 heteroatoms. The molecule has 1 fully saturated rings. The van der Waals surface area contributed by atoms with Crippen LogP contribution in [0.3, 0.4) is 0 Å². The molecule has 0 atom stereocenters. The summed E-state index contributed by atoms with van der Waals surface area (Å²) in [5.74, 6) is 0.939. The third-order valence-corrected chi connectivity index (χ3v) is 6.23. The second-order valence-electron chi connectivity index (χ2n) is 8.52. The van der Waals surface area contributed by atoms with Gasteiger partial charge in [-0.1, -0.05) is 6.07 Å². The molecule has 0 saturated carbocycles. The summed E-state index contributed by atoms with van der Waals surface area (Å²) in [5, 5.41) is 8.11. The monoisotopic (exact) mass is 461 g/mol. The summed E-state index contributed by atoms with van der Waals surface area (Å²) >= 11 is 0. The van der Waals surface area contributed by atoms with Gasteiger partial charge in [0, 0.05) is 60.3 Å². The summed E-state index contributed by atoms with van der Waals surface area (Å²) in [6.45, 7) is 3.61. The molecule has 9 nitrogen and oxygen atoms in total. The van der Waals surface area contributed by atoms with Gasteiger partial charge >= 0.3 is 0 Å². The number of carbonyl (C=O) groups excluding carboxylic acids is 2. The number of benzene rings is 3. The fraction of sp³-hybridized carbons (Fsp3) is 0.280. The molecule has 2 aliphatic heterocycles. The molecule has 5 rings (SSSR count). The normalized spacial score (nSPS) is 15.4. The first-order valence-corrected chi connectivity index (χ1v) is 11.2. The van der Waals surface area contributed by atoms with Gasteiger partial charge in [-0.25, -0.2) is 0 Å². The molecule has 2 heterocycles. The number of nitrogens with one attached hydrogen (secondary N) is 2. The fourth-order valence-electron chi connectivity index (χ4n) is 4.27. The van der Waals surface area contributed by atoms with Gasteiger partial charge in [0.05, 0.1) is 6.54 Å². The molecular formula is C25H27N5O4. The summed E-state index contributed by atoms with van der Waals surface area (Å²) in [7, 11) is 2.06. The zero-order valence-electron chi connectivity index (χ0n) is 19.0. The Morgan fingerprint density at radius 1 is 0.912 bits per heavy atom. The summed E-state index contributed by atoms with van der Waals surface area (Å²) in [5.41, 5.74) is 8.46. The smallest absolute Gasteiger partial charge is 0.249 e. The van der Waals surface area contributed by atoms with Crippen LogP contribution in [0.15, 0.2) is 48.5 Å². The van der Waals surface area contributed by atoms with Crippen LogP contribution in [0.4, 0.5) is 17.1 Å². The van der Waals surface area contributed by atoms with Gasteiger partial charge in [-0.05, 0) is 48.8 Å². The Kier molecular flexibility index (Phi) is 5.85. The molecule has 0 aromatic heterocycles. The van der Waals surface area contributed by atoms with Gasteiger partial charge in [0.2, 0.25) is 18.6 Å². The van der Waals surface area contributed by atoms with Gasteiger partial charge in [0.1, 0.15) is 0 Å². The number of hydrogen-bond acceptors (Lipinski definition) is 7. The van der Waals surface area contributed by atoms with Crippen molar-refractivity contribution in [1.29, 1.82) is 0 Å². The van der Waals surface area contributed by atoms with Gasteiger partial charge < -0.3 is 35.6 Å². The minimum absolute atomic E-state index is 0.0568. The van der Waals surface area contributed by atoms with Gasteiger partial charge in [-0.15, -0.1) is 0 Å². The van der Waals surface area contributed by atoms with Crippen LogP contribution in [0.2, 0.25) is 0 Å². The zero-order chi connectivity index (χ0) is 23.7. The molecule has 4 N–H and O–H groups in total. The molecule has 0 spiro atoms. The van der Waals surface area contributed by atoms with Crippen molar-refractivity contribution in [1.82, 2.24) is 9.80 Å². The number of amides is 2. The molecule has 0 bridgehead atoms. The number of rotatable bonds is 6. The van der Waals surface area contributed by atoms with E-state index in [2.05, 4.69) is 22.6 Å². The van der Waals surface area contributed by atoms with Crippen molar-refractivity contribution in [2.24, 2.45) is 5.73 Å². The van der Waals surface area contributed by atoms with Gasteiger partial charge in [0.25, 0.3) is 0 Å². The predicted molar refractivity (Wildman–Crippen MR) is 131 cm³/mol. The lowest BCUT2D eigenvalue weighted by Crippen LogP contribution is -2.48. The van der Waals surface area contributed by atoms with E-state index in [1.54, 1.807) is 12.1 Å². The summed E-state index contributed by atoms with van der Waals surface area (Å²) < 4.78 is 10.8. The number of fused-ring (bicyclic) bond motifs is 2. The maximum Gasteiger partial charge on any atom is 0.249 e. The number of likely N-dealkylation sites (N-methyl/N-ethyl adjacent to an activating group) is 1. The Hall–Kier alpha value is -3.98. The highest BCUT2D eigenvalue weighted by atomic mass is 16.7. The van der Waals surface area contributed by atoms with E-state index in [9.17, 15) is 9.59 Å². The molecule has 2 aliphatic rings. The van der Waals surface area contributed by atoms with E-state index in [-0.39, 0.29) is 19.2 Å². The number of anilines is 3. The first-order chi connectivity index (χ1) is 16.5. The molecule has 176 valence electrons. The number of piperazine rings is 1. The van der Waals surface area contributed by atoms with Crippen LogP contribution in [-0.2, 0) is 4.79 Å². The van der Waals surface area contributed by atoms with Crippen molar-refractivity contribution in [3.8, 4) is 11.5 Å². The molecule has 34 heavy (non-hydrogen) atoms. The number of primary amides is 1. The summed E-state index contributed by atoms with van der Waals surface area (Å²) in [4.78, 5) is 28.9. The van der Waals surface area contributed by atoms with E-state index in [0.29, 0.717) is 22.4 Å². The van der Waals surface area contributed by atoms with E-state index in [1.165, 1.54) is 0 Å². The Balaban J connectivity index is 1.38. The molecule has 1 saturated heterocycles. The minimum atomic E-state index is -0.509. The third-order valence-electron chi connectivity index (χ3n) is 6.23. The number of hydrogen-bond donors (Lipinski definition) is 3. The van der Waals surface area contributed by atoms with E-state index in [1.807, 2.05) is 41.3 Å². The Bertz CT molecular complexity index is 1250. The molecule has 3 aromatic rings. The summed E-state index contributed by atoms with van der Waals surface area (Å²) in [6.07, 6.45) is 0. The van der Waals surface area contributed by atoms with E-state index in [4.69, 9.17) is 15.2 Å². The molecule has 0 aliphatic carbocycles. The van der Waals surface area contributed by atoms with E-state index < -0.39 is 5.91 Å². The number of carbonyl (C=O) groups is 2. The number of nitrogens with zero attached hydrogens (tertiary/aromatic N) is 2. The highest BCUT2D eigenvalue weighted by Gasteiger charge is 2.19.